The number of rotatable bonds is 19. The van der Waals surface area contributed by atoms with Crippen molar-refractivity contribution in [3.8, 4) is 0 Å². The van der Waals surface area contributed by atoms with E-state index in [1.807, 2.05) is 0 Å². The van der Waals surface area contributed by atoms with Gasteiger partial charge >= 0.3 is 0 Å². The standard InChI is InChI=1S/C32H43F4NO2/c1-2-3-4-5-6-7-8-9-10-11-12-13-14-15-16-17-22-37(31(38)27-20-18-25(33)23-29(27)35)32(39)28-21-19-26(34)24-30(28)36/h18-21,23-24H,2-17,22H2,1H3. The van der Waals surface area contributed by atoms with Crippen LogP contribution in [0.5, 0.6) is 0 Å². The summed E-state index contributed by atoms with van der Waals surface area (Å²) in [5.41, 5.74) is -0.965. The van der Waals surface area contributed by atoms with Crippen LogP contribution in [0.1, 0.15) is 130 Å². The summed E-state index contributed by atoms with van der Waals surface area (Å²) >= 11 is 0. The van der Waals surface area contributed by atoms with Crippen molar-refractivity contribution in [3.05, 3.63) is 70.8 Å². The second-order valence-corrected chi connectivity index (χ2v) is 10.3. The summed E-state index contributed by atoms with van der Waals surface area (Å²) in [7, 11) is 0. The van der Waals surface area contributed by atoms with Crippen LogP contribution in [0.25, 0.3) is 0 Å². The maximum Gasteiger partial charge on any atom is 0.263 e. The number of hydrogen-bond acceptors (Lipinski definition) is 2. The number of benzene rings is 2. The van der Waals surface area contributed by atoms with Gasteiger partial charge in [0.1, 0.15) is 23.3 Å². The first-order chi connectivity index (χ1) is 18.8. The molecule has 0 aliphatic carbocycles. The average molecular weight is 550 g/mol. The van der Waals surface area contributed by atoms with Gasteiger partial charge in [0.25, 0.3) is 11.8 Å². The Morgan fingerprint density at radius 2 is 0.872 bits per heavy atom. The lowest BCUT2D eigenvalue weighted by atomic mass is 10.0. The van der Waals surface area contributed by atoms with Gasteiger partial charge in [-0.15, -0.1) is 0 Å². The Balaban J connectivity index is 1.75. The normalized spacial score (nSPS) is 11.1. The van der Waals surface area contributed by atoms with E-state index >= 15 is 0 Å². The molecule has 0 atom stereocenters. The van der Waals surface area contributed by atoms with Crippen LogP contribution in [0.3, 0.4) is 0 Å². The minimum atomic E-state index is -1.11. The number of amides is 2. The van der Waals surface area contributed by atoms with Crippen LogP contribution in [0.4, 0.5) is 17.6 Å². The van der Waals surface area contributed by atoms with E-state index in [1.165, 1.54) is 70.6 Å². The summed E-state index contributed by atoms with van der Waals surface area (Å²) < 4.78 is 55.2. The molecule has 0 aromatic heterocycles. The highest BCUT2D eigenvalue weighted by Crippen LogP contribution is 2.19. The molecule has 39 heavy (non-hydrogen) atoms. The lowest BCUT2D eigenvalue weighted by molar-refractivity contribution is 0.0608. The van der Waals surface area contributed by atoms with Gasteiger partial charge in [0.2, 0.25) is 0 Å². The molecule has 0 fully saturated rings. The predicted octanol–water partition coefficient (Wildman–Crippen LogP) is 9.79. The van der Waals surface area contributed by atoms with Crippen molar-refractivity contribution in [1.82, 2.24) is 4.90 Å². The Labute approximate surface area is 231 Å². The Kier molecular flexibility index (Phi) is 15.5. The molecule has 0 saturated carbocycles. The first-order valence-electron chi connectivity index (χ1n) is 14.6. The molecular weight excluding hydrogens is 506 g/mol. The van der Waals surface area contributed by atoms with Crippen molar-refractivity contribution in [2.75, 3.05) is 6.54 Å². The SMILES string of the molecule is CCCCCCCCCCCCCCCCCCN(C(=O)c1ccc(F)cc1F)C(=O)c1ccc(F)cc1F. The zero-order valence-corrected chi connectivity index (χ0v) is 23.3. The second-order valence-electron chi connectivity index (χ2n) is 10.3. The van der Waals surface area contributed by atoms with Crippen molar-refractivity contribution >= 4 is 11.8 Å². The quantitative estimate of drug-likeness (QED) is 0.0993. The van der Waals surface area contributed by atoms with Crippen LogP contribution >= 0.6 is 0 Å². The third kappa shape index (κ3) is 11.9. The molecule has 0 bridgehead atoms. The van der Waals surface area contributed by atoms with Crippen molar-refractivity contribution in [2.45, 2.75) is 110 Å². The molecule has 0 saturated heterocycles. The predicted molar refractivity (Wildman–Crippen MR) is 148 cm³/mol. The Morgan fingerprint density at radius 3 is 1.21 bits per heavy atom. The summed E-state index contributed by atoms with van der Waals surface area (Å²) in [5.74, 6) is -5.90. The van der Waals surface area contributed by atoms with E-state index in [4.69, 9.17) is 0 Å². The van der Waals surface area contributed by atoms with Crippen molar-refractivity contribution < 1.29 is 27.2 Å². The molecule has 216 valence electrons. The number of carbonyl (C=O) groups is 2. The minimum Gasteiger partial charge on any atom is -0.274 e. The van der Waals surface area contributed by atoms with Gasteiger partial charge in [-0.2, -0.15) is 0 Å². The highest BCUT2D eigenvalue weighted by molar-refractivity contribution is 6.10. The fourth-order valence-corrected chi connectivity index (χ4v) is 4.73. The van der Waals surface area contributed by atoms with E-state index in [9.17, 15) is 27.2 Å². The summed E-state index contributed by atoms with van der Waals surface area (Å²) in [4.78, 5) is 26.8. The van der Waals surface area contributed by atoms with Crippen molar-refractivity contribution in [3.63, 3.8) is 0 Å². The van der Waals surface area contributed by atoms with E-state index in [2.05, 4.69) is 6.92 Å². The maximum absolute atomic E-state index is 14.3. The molecule has 2 amide bonds. The Hall–Kier alpha value is -2.70. The number of hydrogen-bond donors (Lipinski definition) is 0. The molecule has 0 aliphatic heterocycles. The molecular formula is C32H43F4NO2. The van der Waals surface area contributed by atoms with Gasteiger partial charge in [-0.25, -0.2) is 17.6 Å². The number of nitrogens with zero attached hydrogens (tertiary/aromatic N) is 1. The largest absolute Gasteiger partial charge is 0.274 e. The van der Waals surface area contributed by atoms with Gasteiger partial charge in [-0.1, -0.05) is 103 Å². The van der Waals surface area contributed by atoms with Crippen LogP contribution in [-0.4, -0.2) is 23.3 Å². The fourth-order valence-electron chi connectivity index (χ4n) is 4.73. The number of imide groups is 1. The molecule has 0 radical (unpaired) electrons. The number of unbranched alkanes of at least 4 members (excludes halogenated alkanes) is 15. The van der Waals surface area contributed by atoms with Gasteiger partial charge in [0, 0.05) is 18.7 Å². The molecule has 2 aromatic rings. The van der Waals surface area contributed by atoms with Gasteiger partial charge in [0.15, 0.2) is 0 Å². The summed E-state index contributed by atoms with van der Waals surface area (Å²) in [5, 5.41) is 0. The van der Waals surface area contributed by atoms with Crippen LogP contribution < -0.4 is 0 Å². The van der Waals surface area contributed by atoms with E-state index < -0.39 is 46.2 Å². The number of carbonyl (C=O) groups excluding carboxylic acids is 2. The number of halogens is 4. The van der Waals surface area contributed by atoms with Crippen LogP contribution in [-0.2, 0) is 0 Å². The van der Waals surface area contributed by atoms with Gasteiger partial charge in [0.05, 0.1) is 11.1 Å². The van der Waals surface area contributed by atoms with Gasteiger partial charge in [-0.05, 0) is 30.7 Å². The molecule has 3 nitrogen and oxygen atoms in total. The van der Waals surface area contributed by atoms with Crippen molar-refractivity contribution in [1.29, 1.82) is 0 Å². The molecule has 2 rings (SSSR count). The highest BCUT2D eigenvalue weighted by atomic mass is 19.1. The first kappa shape index (κ1) is 32.5. The summed E-state index contributed by atoms with van der Waals surface area (Å²) in [6, 6.07) is 4.88. The van der Waals surface area contributed by atoms with Gasteiger partial charge < -0.3 is 0 Å². The molecule has 0 spiro atoms. The molecule has 0 aliphatic rings. The van der Waals surface area contributed by atoms with Crippen LogP contribution in [0.15, 0.2) is 36.4 Å². The maximum atomic E-state index is 14.3. The Bertz CT molecular complexity index is 964. The van der Waals surface area contributed by atoms with Gasteiger partial charge in [-0.3, -0.25) is 14.5 Å². The smallest absolute Gasteiger partial charge is 0.263 e. The fraction of sp³-hybridized carbons (Fsp3) is 0.562. The lowest BCUT2D eigenvalue weighted by Crippen LogP contribution is -2.38. The molecule has 7 heteroatoms. The zero-order chi connectivity index (χ0) is 28.5. The topological polar surface area (TPSA) is 37.4 Å². The summed E-state index contributed by atoms with van der Waals surface area (Å²) in [6.07, 6.45) is 18.7. The van der Waals surface area contributed by atoms with Crippen molar-refractivity contribution in [2.24, 2.45) is 0 Å². The second kappa shape index (κ2) is 18.6. The first-order valence-corrected chi connectivity index (χ1v) is 14.6. The minimum absolute atomic E-state index is 0.0518. The lowest BCUT2D eigenvalue weighted by Gasteiger charge is -2.22. The van der Waals surface area contributed by atoms with Crippen LogP contribution in [0.2, 0.25) is 0 Å². The van der Waals surface area contributed by atoms with E-state index in [1.54, 1.807) is 0 Å². The molecule has 0 N–H and O–H groups in total. The Morgan fingerprint density at radius 1 is 0.538 bits per heavy atom. The van der Waals surface area contributed by atoms with E-state index in [0.29, 0.717) is 18.6 Å². The zero-order valence-electron chi connectivity index (χ0n) is 23.3. The van der Waals surface area contributed by atoms with E-state index in [-0.39, 0.29) is 6.54 Å². The third-order valence-corrected chi connectivity index (χ3v) is 7.05. The highest BCUT2D eigenvalue weighted by Gasteiger charge is 2.28. The molecule has 0 unspecified atom stereocenters. The average Bonchev–Trinajstić information content (AvgIpc) is 2.90. The summed E-state index contributed by atoms with van der Waals surface area (Å²) in [6.45, 7) is 2.18. The van der Waals surface area contributed by atoms with Crippen LogP contribution in [0, 0.1) is 23.3 Å². The third-order valence-electron chi connectivity index (χ3n) is 7.05. The van der Waals surface area contributed by atoms with E-state index in [0.717, 1.165) is 54.8 Å². The molecule has 0 heterocycles. The molecule has 2 aromatic carbocycles. The monoisotopic (exact) mass is 549 g/mol.